The van der Waals surface area contributed by atoms with Crippen molar-refractivity contribution in [3.8, 4) is 0 Å². The highest BCUT2D eigenvalue weighted by atomic mass is 16.2. The summed E-state index contributed by atoms with van der Waals surface area (Å²) in [6.07, 6.45) is 5.33. The molecule has 0 bridgehead atoms. The van der Waals surface area contributed by atoms with Crippen LogP contribution in [0.15, 0.2) is 48.5 Å². The van der Waals surface area contributed by atoms with Gasteiger partial charge in [0, 0.05) is 23.7 Å². The van der Waals surface area contributed by atoms with Crippen LogP contribution in [-0.4, -0.2) is 18.9 Å². The first-order valence-electron chi connectivity index (χ1n) is 8.39. The van der Waals surface area contributed by atoms with Crippen LogP contribution in [0.25, 0.3) is 0 Å². The molecule has 2 amide bonds. The van der Waals surface area contributed by atoms with Crippen molar-refractivity contribution < 1.29 is 9.59 Å². The molecule has 4 heteroatoms. The van der Waals surface area contributed by atoms with Crippen LogP contribution in [0.1, 0.15) is 29.5 Å². The van der Waals surface area contributed by atoms with Gasteiger partial charge in [0.15, 0.2) is 0 Å². The summed E-state index contributed by atoms with van der Waals surface area (Å²) < 4.78 is -0.355. The summed E-state index contributed by atoms with van der Waals surface area (Å²) in [6.45, 7) is 0.318. The van der Waals surface area contributed by atoms with E-state index >= 15 is 0 Å². The van der Waals surface area contributed by atoms with E-state index in [2.05, 4.69) is 0 Å². The van der Waals surface area contributed by atoms with Gasteiger partial charge in [0.2, 0.25) is 0 Å². The summed E-state index contributed by atoms with van der Waals surface area (Å²) in [7, 11) is 0. The average Bonchev–Trinajstić information content (AvgIpc) is 2.80. The molecule has 0 saturated carbocycles. The lowest BCUT2D eigenvalue weighted by Crippen LogP contribution is -2.46. The van der Waals surface area contributed by atoms with Crippen LogP contribution in [0.3, 0.4) is 0 Å². The fourth-order valence-corrected chi connectivity index (χ4v) is 3.44. The number of benzene rings is 2. The Kier molecular flexibility index (Phi) is 4.88. The number of hydrogen-bond donors (Lipinski definition) is 1. The maximum absolute atomic E-state index is 11.9. The third kappa shape index (κ3) is 3.30. The first kappa shape index (κ1) is 16.6. The Hall–Kier alpha value is -2.30. The second-order valence-corrected chi connectivity index (χ2v) is 6.59. The summed E-state index contributed by atoms with van der Waals surface area (Å²) >= 11 is 0. The number of imide groups is 1. The van der Waals surface area contributed by atoms with Crippen molar-refractivity contribution in [2.75, 3.05) is 0 Å². The Balaban J connectivity index is 2.00. The largest absolute Gasteiger partial charge is 0.327 e. The van der Waals surface area contributed by atoms with Gasteiger partial charge >= 0.3 is 12.8 Å². The van der Waals surface area contributed by atoms with E-state index in [-0.39, 0.29) is 10.5 Å². The molecule has 0 saturated heterocycles. The van der Waals surface area contributed by atoms with Crippen LogP contribution in [-0.2, 0) is 29.0 Å². The molecule has 0 spiro atoms. The first-order chi connectivity index (χ1) is 11.7. The second kappa shape index (κ2) is 7.07. The summed E-state index contributed by atoms with van der Waals surface area (Å²) in [4.78, 5) is 23.8. The highest BCUT2D eigenvalue weighted by Gasteiger charge is 2.32. The maximum Gasteiger partial charge on any atom is 0.314 e. The van der Waals surface area contributed by atoms with E-state index in [1.165, 1.54) is 5.56 Å². The first-order valence-corrected chi connectivity index (χ1v) is 8.39. The molecule has 4 nitrogen and oxygen atoms in total. The minimum Gasteiger partial charge on any atom is -0.327 e. The highest BCUT2D eigenvalue weighted by Crippen LogP contribution is 2.29. The third-order valence-corrected chi connectivity index (χ3v) is 4.84. The van der Waals surface area contributed by atoms with Gasteiger partial charge in [-0.25, -0.2) is 9.59 Å². The molecule has 0 heterocycles. The number of nitrogens with zero attached hydrogens (tertiary/aromatic N) is 1. The molecule has 2 N–H and O–H groups in total. The van der Waals surface area contributed by atoms with Gasteiger partial charge in [0.05, 0.1) is 0 Å². The summed E-state index contributed by atoms with van der Waals surface area (Å²) in [5.41, 5.74) is 10.2. The van der Waals surface area contributed by atoms with Crippen molar-refractivity contribution in [2.24, 2.45) is 5.73 Å². The van der Waals surface area contributed by atoms with Crippen molar-refractivity contribution in [1.82, 2.24) is 4.48 Å². The van der Waals surface area contributed by atoms with E-state index in [0.717, 1.165) is 49.6 Å². The van der Waals surface area contributed by atoms with E-state index in [9.17, 15) is 9.59 Å². The normalized spacial score (nSPS) is 17.6. The summed E-state index contributed by atoms with van der Waals surface area (Å²) in [5, 5.41) is 0. The number of fused-ring (bicyclic) bond motifs is 1. The minimum absolute atomic E-state index is 0.144. The van der Waals surface area contributed by atoms with Crippen molar-refractivity contribution in [3.63, 3.8) is 0 Å². The van der Waals surface area contributed by atoms with Crippen LogP contribution in [0.5, 0.6) is 0 Å². The van der Waals surface area contributed by atoms with Gasteiger partial charge in [-0.2, -0.15) is 4.48 Å². The van der Waals surface area contributed by atoms with Gasteiger partial charge in [-0.3, -0.25) is 0 Å². The van der Waals surface area contributed by atoms with Gasteiger partial charge < -0.3 is 5.73 Å². The van der Waals surface area contributed by atoms with Crippen molar-refractivity contribution in [3.05, 3.63) is 65.2 Å². The molecule has 1 aliphatic rings. The van der Waals surface area contributed by atoms with Crippen LogP contribution in [0, 0.1) is 0 Å². The lowest BCUT2D eigenvalue weighted by Gasteiger charge is -2.25. The van der Waals surface area contributed by atoms with Gasteiger partial charge in [-0.15, -0.1) is 0 Å². The number of carbonyl (C=O) groups is 2. The number of rotatable bonds is 5. The molecule has 24 heavy (non-hydrogen) atoms. The zero-order chi connectivity index (χ0) is 17.0. The van der Waals surface area contributed by atoms with Crippen LogP contribution in [0.4, 0.5) is 5.69 Å². The molecule has 0 fully saturated rings. The zero-order valence-corrected chi connectivity index (χ0v) is 13.7. The highest BCUT2D eigenvalue weighted by molar-refractivity contribution is 5.88. The Morgan fingerprint density at radius 3 is 2.50 bits per heavy atom. The van der Waals surface area contributed by atoms with Gasteiger partial charge in [0.1, 0.15) is 12.2 Å². The molecular weight excluding hydrogens is 300 g/mol. The molecule has 1 aliphatic carbocycles. The number of amides is 2. The Morgan fingerprint density at radius 1 is 1.04 bits per heavy atom. The van der Waals surface area contributed by atoms with E-state index in [0.29, 0.717) is 12.2 Å². The maximum atomic E-state index is 11.9. The van der Waals surface area contributed by atoms with E-state index in [1.807, 2.05) is 48.5 Å². The van der Waals surface area contributed by atoms with Crippen LogP contribution >= 0.6 is 0 Å². The van der Waals surface area contributed by atoms with Crippen molar-refractivity contribution >= 4 is 18.5 Å². The number of hydrogen-bond acceptors (Lipinski definition) is 3. The quantitative estimate of drug-likeness (QED) is 0.523. The van der Waals surface area contributed by atoms with Crippen molar-refractivity contribution in [1.29, 1.82) is 0 Å². The van der Waals surface area contributed by atoms with E-state index in [1.54, 1.807) is 0 Å². The molecule has 0 aliphatic heterocycles. The molecule has 1 atom stereocenters. The van der Waals surface area contributed by atoms with Crippen LogP contribution < -0.4 is 10.2 Å². The molecule has 2 aromatic rings. The Bertz CT molecular complexity index is 720. The van der Waals surface area contributed by atoms with Crippen LogP contribution in [0.2, 0.25) is 0 Å². The predicted molar refractivity (Wildman–Crippen MR) is 95.1 cm³/mol. The fraction of sp³-hybridized carbons (Fsp3) is 0.300. The number of aryl methyl sites for hydroxylation is 1. The van der Waals surface area contributed by atoms with Gasteiger partial charge in [0.25, 0.3) is 0 Å². The molecular formula is C20H23N2O2+. The van der Waals surface area contributed by atoms with Gasteiger partial charge in [-0.1, -0.05) is 36.4 Å². The molecule has 1 unspecified atom stereocenters. The number of quaternary nitrogens is 1. The third-order valence-electron chi connectivity index (χ3n) is 4.84. The molecule has 2 aromatic carbocycles. The second-order valence-electron chi connectivity index (χ2n) is 6.59. The molecule has 0 aromatic heterocycles. The topological polar surface area (TPSA) is 60.2 Å². The average molecular weight is 323 g/mol. The SMILES string of the molecule is NC1CCCc2ccc([N+](C=O)(C=O)Cc3ccccc3)cc2C1. The fourth-order valence-electron chi connectivity index (χ4n) is 3.44. The molecule has 3 rings (SSSR count). The molecule has 0 radical (unpaired) electrons. The standard InChI is InChI=1S/C20H23N2O2/c21-19-8-4-7-17-9-10-20(12-18(17)11-19)22(14-23,15-24)13-16-5-2-1-3-6-16/h1-3,5-6,9-10,12,14-15,19H,4,7-8,11,13,21H2/q+1. The summed E-state index contributed by atoms with van der Waals surface area (Å²) in [5.74, 6) is 0. The smallest absolute Gasteiger partial charge is 0.314 e. The lowest BCUT2D eigenvalue weighted by atomic mass is 10.00. The van der Waals surface area contributed by atoms with Gasteiger partial charge in [-0.05, 0) is 36.8 Å². The minimum atomic E-state index is -0.355. The monoisotopic (exact) mass is 323 g/mol. The molecule has 124 valence electrons. The van der Waals surface area contributed by atoms with E-state index in [4.69, 9.17) is 5.73 Å². The van der Waals surface area contributed by atoms with Crippen molar-refractivity contribution in [2.45, 2.75) is 38.3 Å². The Labute approximate surface area is 142 Å². The zero-order valence-electron chi connectivity index (χ0n) is 13.7. The number of carbonyl (C=O) groups excluding carboxylic acids is 2. The predicted octanol–water partition coefficient (Wildman–Crippen LogP) is 2.71. The van der Waals surface area contributed by atoms with E-state index < -0.39 is 0 Å². The number of nitrogens with two attached hydrogens (primary N) is 1. The lowest BCUT2D eigenvalue weighted by molar-refractivity contribution is -0.129. The summed E-state index contributed by atoms with van der Waals surface area (Å²) in [6, 6.07) is 15.7. The Morgan fingerprint density at radius 2 is 1.79 bits per heavy atom.